The zero-order chi connectivity index (χ0) is 18.4. The van der Waals surface area contributed by atoms with E-state index >= 15 is 0 Å². The molecule has 1 aliphatic heterocycles. The minimum absolute atomic E-state index is 0.176. The molecule has 2 amide bonds. The van der Waals surface area contributed by atoms with Crippen LogP contribution < -0.4 is 15.4 Å². The van der Waals surface area contributed by atoms with Gasteiger partial charge in [-0.3, -0.25) is 9.59 Å². The fourth-order valence-corrected chi connectivity index (χ4v) is 2.97. The largest absolute Gasteiger partial charge is 0.466 e. The van der Waals surface area contributed by atoms with E-state index in [1.54, 1.807) is 12.1 Å². The van der Waals surface area contributed by atoms with Crippen molar-refractivity contribution < 1.29 is 14.3 Å². The Labute approximate surface area is 163 Å². The Morgan fingerprint density at radius 2 is 1.76 bits per heavy atom. The van der Waals surface area contributed by atoms with Crippen LogP contribution in [0.4, 0.5) is 11.4 Å². The molecule has 5 nitrogen and oxygen atoms in total. The molecule has 0 saturated carbocycles. The van der Waals surface area contributed by atoms with E-state index in [-0.39, 0.29) is 20.8 Å². The molecule has 25 heavy (non-hydrogen) atoms. The van der Waals surface area contributed by atoms with Gasteiger partial charge in [0.15, 0.2) is 0 Å². The van der Waals surface area contributed by atoms with Gasteiger partial charge in [-0.2, -0.15) is 0 Å². The fourth-order valence-electron chi connectivity index (χ4n) is 2.21. The second kappa shape index (κ2) is 6.57. The Kier molecular flexibility index (Phi) is 4.77. The van der Waals surface area contributed by atoms with Gasteiger partial charge in [-0.25, -0.2) is 0 Å². The molecule has 1 aliphatic rings. The number of halogens is 4. The summed E-state index contributed by atoms with van der Waals surface area (Å²) in [7, 11) is 0. The van der Waals surface area contributed by atoms with E-state index < -0.39 is 17.4 Å². The van der Waals surface area contributed by atoms with Gasteiger partial charge >= 0.3 is 0 Å². The summed E-state index contributed by atoms with van der Waals surface area (Å²) in [6.45, 7) is 1.35. The number of carbonyl (C=O) groups excluding carboxylic acids is 2. The molecular weight excluding hydrogens is 410 g/mol. The van der Waals surface area contributed by atoms with Crippen LogP contribution in [-0.2, 0) is 9.59 Å². The Hall–Kier alpha value is -1.66. The lowest BCUT2D eigenvalue weighted by atomic mass is 10.0. The number of nitrogens with one attached hydrogen (secondary N) is 2. The van der Waals surface area contributed by atoms with E-state index in [0.29, 0.717) is 16.5 Å². The van der Waals surface area contributed by atoms with Crippen molar-refractivity contribution in [2.45, 2.75) is 12.5 Å². The highest BCUT2D eigenvalue weighted by Gasteiger charge is 2.47. The molecule has 1 heterocycles. The quantitative estimate of drug-likeness (QED) is 0.529. The highest BCUT2D eigenvalue weighted by Crippen LogP contribution is 2.37. The van der Waals surface area contributed by atoms with Gasteiger partial charge in [0.2, 0.25) is 0 Å². The predicted molar refractivity (Wildman–Crippen MR) is 99.2 cm³/mol. The molecular formula is C16H10Cl4N2O3. The van der Waals surface area contributed by atoms with E-state index in [0.717, 1.165) is 0 Å². The molecule has 130 valence electrons. The number of fused-ring (bicyclic) bond motifs is 1. The number of amides is 2. The first-order valence-corrected chi connectivity index (χ1v) is 8.48. The summed E-state index contributed by atoms with van der Waals surface area (Å²) in [6.07, 6.45) is 0. The summed E-state index contributed by atoms with van der Waals surface area (Å²) in [5, 5.41) is 6.20. The lowest BCUT2D eigenvalue weighted by Crippen LogP contribution is -2.56. The van der Waals surface area contributed by atoms with Crippen molar-refractivity contribution in [2.75, 3.05) is 10.6 Å². The van der Waals surface area contributed by atoms with Crippen LogP contribution in [0.1, 0.15) is 6.92 Å². The number of hydrogen-bond donors (Lipinski definition) is 2. The van der Waals surface area contributed by atoms with E-state index in [1.165, 1.54) is 25.1 Å². The van der Waals surface area contributed by atoms with Crippen LogP contribution in [0.5, 0.6) is 5.75 Å². The fraction of sp³-hybridized carbons (Fsp3) is 0.125. The summed E-state index contributed by atoms with van der Waals surface area (Å²) < 4.78 is 5.63. The standard InChI is InChI=1S/C16H10Cl4N2O3/c1-16(14(23)21-11-6-9(19)8(18)5-10(11)20)15(24)22-12-4-7(17)2-3-13(12)25-16/h2-6H,1H3,(H,21,23)(H,22,24). The summed E-state index contributed by atoms with van der Waals surface area (Å²) in [5.74, 6) is -1.04. The van der Waals surface area contributed by atoms with E-state index in [2.05, 4.69) is 10.6 Å². The summed E-state index contributed by atoms with van der Waals surface area (Å²) in [6, 6.07) is 7.47. The number of carbonyl (C=O) groups is 2. The Morgan fingerprint density at radius 3 is 2.48 bits per heavy atom. The predicted octanol–water partition coefficient (Wildman–Crippen LogP) is 5.03. The molecule has 9 heteroatoms. The van der Waals surface area contributed by atoms with Gasteiger partial charge in [0.1, 0.15) is 5.75 Å². The van der Waals surface area contributed by atoms with Crippen LogP contribution in [0.3, 0.4) is 0 Å². The molecule has 0 fully saturated rings. The van der Waals surface area contributed by atoms with Crippen molar-refractivity contribution >= 4 is 69.6 Å². The van der Waals surface area contributed by atoms with Gasteiger partial charge in [0.05, 0.1) is 26.4 Å². The SMILES string of the molecule is CC1(C(=O)Nc2cc(Cl)c(Cl)cc2Cl)Oc2ccc(Cl)cc2NC1=O. The number of hydrogen-bond acceptors (Lipinski definition) is 3. The second-order valence-corrected chi connectivity index (χ2v) is 7.09. The van der Waals surface area contributed by atoms with Crippen molar-refractivity contribution in [3.63, 3.8) is 0 Å². The van der Waals surface area contributed by atoms with Crippen LogP contribution in [0, 0.1) is 0 Å². The lowest BCUT2D eigenvalue weighted by molar-refractivity contribution is -0.143. The third-order valence-electron chi connectivity index (χ3n) is 3.63. The number of anilines is 2. The minimum atomic E-state index is -1.81. The second-order valence-electron chi connectivity index (χ2n) is 5.43. The molecule has 3 rings (SSSR count). The maximum Gasteiger partial charge on any atom is 0.278 e. The topological polar surface area (TPSA) is 67.4 Å². The van der Waals surface area contributed by atoms with Crippen molar-refractivity contribution in [1.29, 1.82) is 0 Å². The third-order valence-corrected chi connectivity index (χ3v) is 4.90. The molecule has 0 bridgehead atoms. The average molecular weight is 420 g/mol. The van der Waals surface area contributed by atoms with Crippen molar-refractivity contribution in [1.82, 2.24) is 0 Å². The molecule has 2 aromatic carbocycles. The maximum atomic E-state index is 12.7. The van der Waals surface area contributed by atoms with Gasteiger partial charge in [-0.15, -0.1) is 0 Å². The highest BCUT2D eigenvalue weighted by molar-refractivity contribution is 6.44. The molecule has 0 aromatic heterocycles. The lowest BCUT2D eigenvalue weighted by Gasteiger charge is -2.33. The normalized spacial score (nSPS) is 18.8. The zero-order valence-electron chi connectivity index (χ0n) is 12.6. The molecule has 0 spiro atoms. The van der Waals surface area contributed by atoms with Gasteiger partial charge < -0.3 is 15.4 Å². The van der Waals surface area contributed by atoms with E-state index in [9.17, 15) is 9.59 Å². The summed E-state index contributed by atoms with van der Waals surface area (Å²) >= 11 is 23.7. The van der Waals surface area contributed by atoms with E-state index in [4.69, 9.17) is 51.1 Å². The van der Waals surface area contributed by atoms with E-state index in [1.807, 2.05) is 0 Å². The van der Waals surface area contributed by atoms with Gasteiger partial charge in [-0.05, 0) is 37.3 Å². The van der Waals surface area contributed by atoms with Crippen LogP contribution in [0.25, 0.3) is 0 Å². The van der Waals surface area contributed by atoms with Crippen molar-refractivity contribution in [3.8, 4) is 5.75 Å². The molecule has 1 atom stereocenters. The van der Waals surface area contributed by atoms with Crippen molar-refractivity contribution in [2.24, 2.45) is 0 Å². The van der Waals surface area contributed by atoms with Crippen LogP contribution in [0.15, 0.2) is 30.3 Å². The van der Waals surface area contributed by atoms with Gasteiger partial charge in [0, 0.05) is 5.02 Å². The maximum absolute atomic E-state index is 12.7. The molecule has 0 aliphatic carbocycles. The first kappa shape index (κ1) is 18.1. The smallest absolute Gasteiger partial charge is 0.278 e. The number of benzene rings is 2. The molecule has 0 saturated heterocycles. The van der Waals surface area contributed by atoms with Crippen LogP contribution in [-0.4, -0.2) is 17.4 Å². The monoisotopic (exact) mass is 418 g/mol. The minimum Gasteiger partial charge on any atom is -0.466 e. The Morgan fingerprint density at radius 1 is 1.08 bits per heavy atom. The molecule has 2 N–H and O–H groups in total. The summed E-state index contributed by atoms with van der Waals surface area (Å²) in [5.41, 5.74) is -1.22. The first-order chi connectivity index (χ1) is 11.7. The van der Waals surface area contributed by atoms with Crippen molar-refractivity contribution in [3.05, 3.63) is 50.4 Å². The Bertz CT molecular complexity index is 903. The zero-order valence-corrected chi connectivity index (χ0v) is 15.6. The number of ether oxygens (including phenoxy) is 1. The van der Waals surface area contributed by atoms with Gasteiger partial charge in [-0.1, -0.05) is 46.4 Å². The Balaban J connectivity index is 1.90. The molecule has 2 aromatic rings. The van der Waals surface area contributed by atoms with Crippen LogP contribution in [0.2, 0.25) is 20.1 Å². The highest BCUT2D eigenvalue weighted by atomic mass is 35.5. The third kappa shape index (κ3) is 3.37. The first-order valence-electron chi connectivity index (χ1n) is 6.97. The van der Waals surface area contributed by atoms with Crippen LogP contribution >= 0.6 is 46.4 Å². The van der Waals surface area contributed by atoms with Gasteiger partial charge in [0.25, 0.3) is 17.4 Å². The molecule has 1 unspecified atom stereocenters. The molecule has 0 radical (unpaired) electrons. The average Bonchev–Trinajstić information content (AvgIpc) is 2.54. The summed E-state index contributed by atoms with van der Waals surface area (Å²) in [4.78, 5) is 25.1. The number of rotatable bonds is 2.